The zero-order valence-corrected chi connectivity index (χ0v) is 63.1. The standard InChI is InChI=1S/C80H112O16Si2/c1-49(46-86-47-52-33-36-57(85-12)37-34-52)32-39-62-50(2)65-63(90-62)45-61-59-38-35-56-44-58(40-42-79(56,10)60(59)41-43-80(61,65)11)89-76-70(68(96-98(15,16)78(7,8)9)66(81)64(91-76)48-87-97(13,14)77(4,5)6)95-75-71(94-74(84)55-30-24-19-25-31-55)69(93-73(83)54-28-22-18-23-29-54)67(51(3)88-75)92-72(82)53-26-20-17-21-27-53/h17-31,33-37,49-51,58-71,75-76,81H,32,38-48H2,1-16H3/t49-,50-,51+,58+,59-,60+,61+,62-,63+,64-,65+,66-,67+,68+,69-,70-,71-,75+,76-,79+,80+/m1/s1. The van der Waals surface area contributed by atoms with E-state index in [2.05, 4.69) is 114 Å². The highest BCUT2D eigenvalue weighted by atomic mass is 28.4. The van der Waals surface area contributed by atoms with Gasteiger partial charge in [0.25, 0.3) is 0 Å². The lowest BCUT2D eigenvalue weighted by atomic mass is 9.47. The number of benzene rings is 4. The molecule has 3 aliphatic heterocycles. The molecular weight excluding hydrogens is 1270 g/mol. The maximum atomic E-state index is 14.7. The SMILES string of the molecule is COc1ccc(COC[C@H](C)CC[C@H]2O[C@H]3C[C@H]4[C@@H]5CC=C6C[C@@H](O[C@@H]7O[C@H](CO[Si](C)(C)C(C)(C)C)[C@@H](O)[C@H](O[Si](C)(C)C(C)(C)C)[C@H]7O[C@@H]7O[C@@H](C)[C@H](OC(=O)c8ccccc8)[C@@H](OC(=O)c8ccccc8)[C@H]7OC(=O)c7ccccc7)CC[C@]6(C)[C@H]5CC[C@]4(C)[C@H]3[C@@H]2C)cc1. The number of ether oxygens (including phenoxy) is 10. The molecule has 536 valence electrons. The smallest absolute Gasteiger partial charge is 0.338 e. The maximum absolute atomic E-state index is 14.7. The molecule has 0 unspecified atom stereocenters. The average Bonchev–Trinajstić information content (AvgIpc) is 1.52. The van der Waals surface area contributed by atoms with Gasteiger partial charge in [0.1, 0.15) is 30.2 Å². The van der Waals surface area contributed by atoms with E-state index in [9.17, 15) is 19.5 Å². The van der Waals surface area contributed by atoms with Crippen LogP contribution in [-0.4, -0.2) is 140 Å². The summed E-state index contributed by atoms with van der Waals surface area (Å²) in [5.41, 5.74) is 3.40. The van der Waals surface area contributed by atoms with Gasteiger partial charge in [0.05, 0.1) is 61.4 Å². The Labute approximate surface area is 585 Å². The molecule has 0 aromatic heterocycles. The molecule has 4 aromatic carbocycles. The lowest BCUT2D eigenvalue weighted by Crippen LogP contribution is -2.67. The quantitative estimate of drug-likeness (QED) is 0.0320. The summed E-state index contributed by atoms with van der Waals surface area (Å²) in [6.45, 7) is 34.6. The van der Waals surface area contributed by atoms with Crippen molar-refractivity contribution < 1.29 is 75.7 Å². The van der Waals surface area contributed by atoms with Crippen LogP contribution in [0.15, 0.2) is 127 Å². The van der Waals surface area contributed by atoms with E-state index >= 15 is 0 Å². The number of fused-ring (bicyclic) bond motifs is 7. The van der Waals surface area contributed by atoms with E-state index in [0.717, 1.165) is 56.4 Å². The predicted octanol–water partition coefficient (Wildman–Crippen LogP) is 15.9. The number of hydrogen-bond acceptors (Lipinski definition) is 16. The molecule has 0 amide bonds. The molecule has 4 aromatic rings. The minimum Gasteiger partial charge on any atom is -0.497 e. The van der Waals surface area contributed by atoms with Crippen molar-refractivity contribution in [2.45, 2.75) is 257 Å². The van der Waals surface area contributed by atoms with Crippen LogP contribution in [0.4, 0.5) is 0 Å². The summed E-state index contributed by atoms with van der Waals surface area (Å²) in [7, 11) is -3.59. The Balaban J connectivity index is 0.871. The van der Waals surface area contributed by atoms with Crippen LogP contribution in [0.5, 0.6) is 5.75 Å². The topological polar surface area (TPSA) is 182 Å². The molecule has 0 spiro atoms. The number of hydrogen-bond donors (Lipinski definition) is 1. The van der Waals surface area contributed by atoms with E-state index < -0.39 is 96.0 Å². The molecule has 21 atom stereocenters. The Hall–Kier alpha value is -5.10. The summed E-state index contributed by atoms with van der Waals surface area (Å²) in [5, 5.41) is 12.6. The van der Waals surface area contributed by atoms with E-state index in [0.29, 0.717) is 48.5 Å². The highest BCUT2D eigenvalue weighted by Gasteiger charge is 2.66. The van der Waals surface area contributed by atoms with Crippen molar-refractivity contribution in [3.05, 3.63) is 149 Å². The average molecular weight is 1390 g/mol. The first-order chi connectivity index (χ1) is 46.4. The van der Waals surface area contributed by atoms with E-state index in [1.54, 1.807) is 105 Å². The van der Waals surface area contributed by atoms with Crippen molar-refractivity contribution in [1.82, 2.24) is 0 Å². The monoisotopic (exact) mass is 1380 g/mol. The van der Waals surface area contributed by atoms with Gasteiger partial charge in [0, 0.05) is 6.61 Å². The largest absolute Gasteiger partial charge is 0.497 e. The highest BCUT2D eigenvalue weighted by Crippen LogP contribution is 2.69. The summed E-state index contributed by atoms with van der Waals surface area (Å²) in [4.78, 5) is 43.3. The molecule has 11 rings (SSSR count). The zero-order valence-electron chi connectivity index (χ0n) is 61.1. The molecule has 0 radical (unpaired) electrons. The lowest BCUT2D eigenvalue weighted by Gasteiger charge is -2.58. The second-order valence-electron chi connectivity index (χ2n) is 33.1. The van der Waals surface area contributed by atoms with Gasteiger partial charge in [-0.1, -0.05) is 148 Å². The minimum absolute atomic E-state index is 0.0376. The van der Waals surface area contributed by atoms with Gasteiger partial charge in [-0.25, -0.2) is 14.4 Å². The molecule has 6 fully saturated rings. The Morgan fingerprint density at radius 3 is 1.81 bits per heavy atom. The van der Waals surface area contributed by atoms with Crippen LogP contribution in [0.1, 0.15) is 171 Å². The van der Waals surface area contributed by atoms with Crippen LogP contribution in [-0.2, 0) is 58.1 Å². The van der Waals surface area contributed by atoms with Gasteiger partial charge < -0.3 is 61.3 Å². The van der Waals surface area contributed by atoms with Gasteiger partial charge in [-0.15, -0.1) is 0 Å². The van der Waals surface area contributed by atoms with Crippen LogP contribution >= 0.6 is 0 Å². The predicted molar refractivity (Wildman–Crippen MR) is 380 cm³/mol. The van der Waals surface area contributed by atoms with Crippen LogP contribution in [0.25, 0.3) is 0 Å². The minimum atomic E-state index is -2.84. The third kappa shape index (κ3) is 15.8. The number of esters is 3. The lowest BCUT2D eigenvalue weighted by molar-refractivity contribution is -0.366. The molecule has 7 aliphatic rings. The van der Waals surface area contributed by atoms with Crippen LogP contribution in [0.3, 0.4) is 0 Å². The maximum Gasteiger partial charge on any atom is 0.338 e. The van der Waals surface area contributed by atoms with Crippen molar-refractivity contribution in [1.29, 1.82) is 0 Å². The Morgan fingerprint density at radius 1 is 0.653 bits per heavy atom. The van der Waals surface area contributed by atoms with Gasteiger partial charge in [0.15, 0.2) is 47.5 Å². The van der Waals surface area contributed by atoms with Crippen molar-refractivity contribution in [3.63, 3.8) is 0 Å². The fourth-order valence-corrected chi connectivity index (χ4v) is 19.3. The summed E-state index contributed by atoms with van der Waals surface area (Å²) < 4.78 is 81.3. The van der Waals surface area contributed by atoms with Gasteiger partial charge in [-0.3, -0.25) is 0 Å². The van der Waals surface area contributed by atoms with Crippen molar-refractivity contribution in [2.24, 2.45) is 46.3 Å². The molecule has 3 saturated heterocycles. The van der Waals surface area contributed by atoms with Crippen molar-refractivity contribution in [3.8, 4) is 5.75 Å². The van der Waals surface area contributed by atoms with Crippen LogP contribution in [0.2, 0.25) is 36.3 Å². The van der Waals surface area contributed by atoms with E-state index in [1.165, 1.54) is 18.4 Å². The molecule has 1 N–H and O–H groups in total. The molecule has 98 heavy (non-hydrogen) atoms. The molecule has 16 nitrogen and oxygen atoms in total. The first-order valence-corrected chi connectivity index (χ1v) is 42.2. The Kier molecular flexibility index (Phi) is 22.7. The van der Waals surface area contributed by atoms with Gasteiger partial charge in [-0.05, 0) is 201 Å². The van der Waals surface area contributed by atoms with Gasteiger partial charge >= 0.3 is 17.9 Å². The number of aliphatic hydroxyl groups is 1. The zero-order chi connectivity index (χ0) is 70.3. The molecule has 3 heterocycles. The van der Waals surface area contributed by atoms with Crippen molar-refractivity contribution >= 4 is 34.5 Å². The molecule has 4 aliphatic carbocycles. The van der Waals surface area contributed by atoms with Crippen LogP contribution < -0.4 is 4.74 Å². The third-order valence-corrected chi connectivity index (χ3v) is 33.8. The first kappa shape index (κ1) is 74.1. The molecular formula is C80H112O16Si2. The molecule has 0 bridgehead atoms. The van der Waals surface area contributed by atoms with Crippen molar-refractivity contribution in [2.75, 3.05) is 20.3 Å². The van der Waals surface area contributed by atoms with E-state index in [1.807, 2.05) is 12.1 Å². The number of methoxy groups -OCH3 is 1. The number of rotatable bonds is 23. The fourth-order valence-electron chi connectivity index (χ4n) is 17.0. The highest BCUT2D eigenvalue weighted by molar-refractivity contribution is 6.74. The number of carbonyl (C=O) groups is 3. The van der Waals surface area contributed by atoms with E-state index in [4.69, 9.17) is 56.2 Å². The summed E-state index contributed by atoms with van der Waals surface area (Å²) >= 11 is 0. The van der Waals surface area contributed by atoms with E-state index in [-0.39, 0.29) is 62.5 Å². The fraction of sp³-hybridized carbons (Fsp3) is 0.637. The number of carbonyl (C=O) groups excluding carboxylic acids is 3. The Morgan fingerprint density at radius 2 is 1.22 bits per heavy atom. The number of allylic oxidation sites excluding steroid dienone is 1. The van der Waals surface area contributed by atoms with Crippen LogP contribution in [0, 0.1) is 46.3 Å². The third-order valence-electron chi connectivity index (χ3n) is 24.8. The van der Waals surface area contributed by atoms with Gasteiger partial charge in [-0.2, -0.15) is 0 Å². The second-order valence-corrected chi connectivity index (χ2v) is 42.7. The van der Waals surface area contributed by atoms with Gasteiger partial charge in [0.2, 0.25) is 0 Å². The molecule has 3 saturated carbocycles. The molecule has 18 heteroatoms. The normalized spacial score (nSPS) is 34.4. The Bertz CT molecular complexity index is 3350. The summed E-state index contributed by atoms with van der Waals surface area (Å²) in [6, 6.07) is 33.5. The first-order valence-electron chi connectivity index (χ1n) is 36.3. The number of aliphatic hydroxyl groups excluding tert-OH is 1. The summed E-state index contributed by atoms with van der Waals surface area (Å²) in [5.74, 6) is 1.71. The second kappa shape index (κ2) is 30.1. The summed E-state index contributed by atoms with van der Waals surface area (Å²) in [6.07, 6.45) is -1.12.